The normalized spacial score (nSPS) is 40.9. The molecular formula is C21H36N6O3S. The number of carbonyl (C=O) groups excluding carboxylic acids is 3. The van der Waals surface area contributed by atoms with E-state index in [2.05, 4.69) is 40.6 Å². The highest BCUT2D eigenvalue weighted by molar-refractivity contribution is 8.00. The first kappa shape index (κ1) is 22.8. The maximum Gasteiger partial charge on any atom is 0.323 e. The molecule has 8 atom stereocenters. The summed E-state index contributed by atoms with van der Waals surface area (Å²) in [5.41, 5.74) is 5.58. The quantitative estimate of drug-likeness (QED) is 0.430. The van der Waals surface area contributed by atoms with Crippen LogP contribution in [0.2, 0.25) is 0 Å². The van der Waals surface area contributed by atoms with Crippen LogP contribution in [-0.4, -0.2) is 59.8 Å². The fraction of sp³-hybridized carbons (Fsp3) is 0.857. The second-order valence-corrected chi connectivity index (χ2v) is 10.9. The largest absolute Gasteiger partial charge is 0.342 e. The van der Waals surface area contributed by atoms with Gasteiger partial charge in [-0.2, -0.15) is 0 Å². The van der Waals surface area contributed by atoms with E-state index in [-0.39, 0.29) is 35.1 Å². The fourth-order valence-electron chi connectivity index (χ4n) is 5.95. The van der Waals surface area contributed by atoms with E-state index >= 15 is 0 Å². The molecule has 0 spiro atoms. The molecule has 3 aliphatic heterocycles. The summed E-state index contributed by atoms with van der Waals surface area (Å²) in [5, 5.41) is 8.81. The van der Waals surface area contributed by atoms with Crippen LogP contribution in [0.15, 0.2) is 0 Å². The SMILES string of the molecule is CC1CC2C(CN1)CC(C1CC(C(=O)NC(=O)NC3NNCS3)CCC1C)C(=O)N2C. The van der Waals surface area contributed by atoms with Crippen LogP contribution in [0.25, 0.3) is 0 Å². The van der Waals surface area contributed by atoms with Gasteiger partial charge in [0.05, 0.1) is 5.88 Å². The van der Waals surface area contributed by atoms with Crippen LogP contribution in [0.4, 0.5) is 4.79 Å². The van der Waals surface area contributed by atoms with Crippen LogP contribution in [0.1, 0.15) is 46.0 Å². The van der Waals surface area contributed by atoms with Gasteiger partial charge in [-0.05, 0) is 56.8 Å². The van der Waals surface area contributed by atoms with Crippen LogP contribution >= 0.6 is 11.8 Å². The van der Waals surface area contributed by atoms with Gasteiger partial charge >= 0.3 is 6.03 Å². The molecule has 9 nitrogen and oxygen atoms in total. The Labute approximate surface area is 188 Å². The Bertz CT molecular complexity index is 703. The molecule has 8 unspecified atom stereocenters. The fourth-order valence-corrected chi connectivity index (χ4v) is 6.65. The van der Waals surface area contributed by atoms with E-state index in [0.717, 1.165) is 32.2 Å². The number of likely N-dealkylation sites (tertiary alicyclic amines) is 1. The van der Waals surface area contributed by atoms with Crippen LogP contribution < -0.4 is 26.8 Å². The van der Waals surface area contributed by atoms with Crippen LogP contribution in [0.5, 0.6) is 0 Å². The smallest absolute Gasteiger partial charge is 0.323 e. The Morgan fingerprint density at radius 3 is 2.71 bits per heavy atom. The Hall–Kier alpha value is -1.36. The number of hydrogen-bond donors (Lipinski definition) is 5. The van der Waals surface area contributed by atoms with Crippen LogP contribution in [0.3, 0.4) is 0 Å². The first-order valence-electron chi connectivity index (χ1n) is 11.5. The minimum absolute atomic E-state index is 0.0361. The van der Waals surface area contributed by atoms with Gasteiger partial charge in [0, 0.05) is 37.5 Å². The third-order valence-electron chi connectivity index (χ3n) is 7.79. The molecule has 0 aromatic carbocycles. The molecule has 4 aliphatic rings. The van der Waals surface area contributed by atoms with E-state index in [1.807, 2.05) is 11.9 Å². The zero-order valence-corrected chi connectivity index (χ0v) is 19.5. The highest BCUT2D eigenvalue weighted by Crippen LogP contribution is 2.44. The maximum absolute atomic E-state index is 13.3. The highest BCUT2D eigenvalue weighted by Gasteiger charge is 2.47. The minimum atomic E-state index is -0.479. The monoisotopic (exact) mass is 452 g/mol. The molecule has 174 valence electrons. The van der Waals surface area contributed by atoms with Crippen molar-refractivity contribution in [1.29, 1.82) is 0 Å². The molecule has 3 saturated heterocycles. The number of hydrogen-bond acceptors (Lipinski definition) is 7. The van der Waals surface area contributed by atoms with Gasteiger partial charge in [0.1, 0.15) is 5.50 Å². The number of amides is 4. The number of carbonyl (C=O) groups is 3. The van der Waals surface area contributed by atoms with E-state index < -0.39 is 6.03 Å². The first-order valence-corrected chi connectivity index (χ1v) is 12.6. The predicted molar refractivity (Wildman–Crippen MR) is 119 cm³/mol. The number of urea groups is 1. The van der Waals surface area contributed by atoms with Crippen molar-refractivity contribution >= 4 is 29.6 Å². The number of hydrazine groups is 1. The standard InChI is InChI=1S/C21H36N6O3S/c1-11-4-5-13(18(28)24-20(30)25-21-26-23-10-31-21)7-15(11)16-8-14-9-22-12(2)6-17(14)27(3)19(16)29/h11-17,21-23,26H,4-10H2,1-3H3,(H2,24,25,28,30). The van der Waals surface area contributed by atoms with Gasteiger partial charge in [0.15, 0.2) is 0 Å². The molecule has 1 saturated carbocycles. The minimum Gasteiger partial charge on any atom is -0.342 e. The molecule has 1 aliphatic carbocycles. The Kier molecular flexibility index (Phi) is 7.10. The molecule has 0 aromatic heterocycles. The van der Waals surface area contributed by atoms with E-state index in [0.29, 0.717) is 36.2 Å². The summed E-state index contributed by atoms with van der Waals surface area (Å²) in [4.78, 5) is 40.3. The van der Waals surface area contributed by atoms with Crippen LogP contribution in [0, 0.1) is 29.6 Å². The maximum atomic E-state index is 13.3. The van der Waals surface area contributed by atoms with Crippen molar-refractivity contribution in [2.75, 3.05) is 19.5 Å². The molecule has 0 aromatic rings. The summed E-state index contributed by atoms with van der Waals surface area (Å²) in [5.74, 6) is 1.50. The second kappa shape index (κ2) is 9.64. The van der Waals surface area contributed by atoms with E-state index in [4.69, 9.17) is 0 Å². The summed E-state index contributed by atoms with van der Waals surface area (Å²) in [6, 6.07) is 0.278. The summed E-state index contributed by atoms with van der Waals surface area (Å²) in [6.07, 6.45) is 4.24. The van der Waals surface area contributed by atoms with E-state index in [9.17, 15) is 14.4 Å². The summed E-state index contributed by atoms with van der Waals surface area (Å²) in [7, 11) is 1.95. The highest BCUT2D eigenvalue weighted by atomic mass is 32.2. The molecule has 31 heavy (non-hydrogen) atoms. The molecule has 10 heteroatoms. The Morgan fingerprint density at radius 2 is 1.97 bits per heavy atom. The van der Waals surface area contributed by atoms with Crippen molar-refractivity contribution in [3.63, 3.8) is 0 Å². The lowest BCUT2D eigenvalue weighted by Crippen LogP contribution is -2.60. The number of piperidine rings is 2. The molecule has 0 bridgehead atoms. The van der Waals surface area contributed by atoms with Crippen molar-refractivity contribution in [3.8, 4) is 0 Å². The van der Waals surface area contributed by atoms with Gasteiger partial charge in [0.25, 0.3) is 0 Å². The van der Waals surface area contributed by atoms with Gasteiger partial charge in [0.2, 0.25) is 11.8 Å². The summed E-state index contributed by atoms with van der Waals surface area (Å²) < 4.78 is 0. The number of rotatable bonds is 3. The lowest BCUT2D eigenvalue weighted by atomic mass is 9.64. The number of imide groups is 1. The Morgan fingerprint density at radius 1 is 1.16 bits per heavy atom. The molecule has 4 rings (SSSR count). The lowest BCUT2D eigenvalue weighted by Gasteiger charge is -2.50. The van der Waals surface area contributed by atoms with Gasteiger partial charge in [-0.1, -0.05) is 6.92 Å². The number of nitrogens with one attached hydrogen (secondary N) is 5. The van der Waals surface area contributed by atoms with Gasteiger partial charge in [-0.3, -0.25) is 14.9 Å². The number of nitrogens with zero attached hydrogens (tertiary/aromatic N) is 1. The number of thioether (sulfide) groups is 1. The third-order valence-corrected chi connectivity index (χ3v) is 8.67. The average molecular weight is 453 g/mol. The topological polar surface area (TPSA) is 115 Å². The van der Waals surface area contributed by atoms with Crippen molar-refractivity contribution in [3.05, 3.63) is 0 Å². The Balaban J connectivity index is 1.37. The molecular weight excluding hydrogens is 416 g/mol. The van der Waals surface area contributed by atoms with Gasteiger partial charge < -0.3 is 15.5 Å². The van der Waals surface area contributed by atoms with Crippen molar-refractivity contribution in [2.24, 2.45) is 29.6 Å². The predicted octanol–water partition coefficient (Wildman–Crippen LogP) is 0.792. The molecule has 4 fully saturated rings. The van der Waals surface area contributed by atoms with E-state index in [1.165, 1.54) is 11.8 Å². The zero-order valence-electron chi connectivity index (χ0n) is 18.6. The van der Waals surface area contributed by atoms with E-state index in [1.54, 1.807) is 0 Å². The van der Waals surface area contributed by atoms with Crippen molar-refractivity contribution in [1.82, 2.24) is 31.7 Å². The van der Waals surface area contributed by atoms with Gasteiger partial charge in [-0.15, -0.1) is 11.8 Å². The second-order valence-electron chi connectivity index (χ2n) is 9.79. The van der Waals surface area contributed by atoms with Crippen molar-refractivity contribution in [2.45, 2.75) is 63.5 Å². The van der Waals surface area contributed by atoms with Crippen molar-refractivity contribution < 1.29 is 14.4 Å². The van der Waals surface area contributed by atoms with Gasteiger partial charge in [-0.25, -0.2) is 15.6 Å². The molecule has 5 N–H and O–H groups in total. The third kappa shape index (κ3) is 5.02. The first-order chi connectivity index (χ1) is 14.8. The zero-order chi connectivity index (χ0) is 22.1. The summed E-state index contributed by atoms with van der Waals surface area (Å²) >= 11 is 1.51. The molecule has 0 radical (unpaired) electrons. The van der Waals surface area contributed by atoms with Crippen LogP contribution in [-0.2, 0) is 9.59 Å². The lowest BCUT2D eigenvalue weighted by molar-refractivity contribution is -0.149. The number of fused-ring (bicyclic) bond motifs is 1. The molecule has 3 heterocycles. The molecule has 4 amide bonds. The average Bonchev–Trinajstić information content (AvgIpc) is 3.24. The summed E-state index contributed by atoms with van der Waals surface area (Å²) in [6.45, 7) is 5.34.